The molecule has 3 nitrogen and oxygen atoms in total. The summed E-state index contributed by atoms with van der Waals surface area (Å²) in [6, 6.07) is 2.92. The van der Waals surface area contributed by atoms with E-state index in [2.05, 4.69) is 10.1 Å². The molecule has 0 aliphatic heterocycles. The van der Waals surface area contributed by atoms with Crippen LogP contribution >= 0.6 is 0 Å². The van der Waals surface area contributed by atoms with Crippen LogP contribution < -0.4 is 0 Å². The highest BCUT2D eigenvalue weighted by atomic mass is 19.1. The van der Waals surface area contributed by atoms with Crippen LogP contribution in [0.25, 0.3) is 5.65 Å². The van der Waals surface area contributed by atoms with E-state index in [9.17, 15) is 4.39 Å². The number of imidazole rings is 1. The zero-order valence-electron chi connectivity index (χ0n) is 6.66. The van der Waals surface area contributed by atoms with Gasteiger partial charge in [0.25, 0.3) is 0 Å². The van der Waals surface area contributed by atoms with Crippen LogP contribution in [0.15, 0.2) is 18.3 Å². The van der Waals surface area contributed by atoms with Crippen molar-refractivity contribution >= 4 is 5.65 Å². The van der Waals surface area contributed by atoms with Gasteiger partial charge in [-0.2, -0.15) is 4.39 Å². The van der Waals surface area contributed by atoms with Crippen LogP contribution in [0.3, 0.4) is 0 Å². The SMILES string of the molecule is CCc1cn2nc(F)ccc2n1. The van der Waals surface area contributed by atoms with Crippen LogP contribution in [0.1, 0.15) is 12.6 Å². The van der Waals surface area contributed by atoms with Crippen molar-refractivity contribution in [3.63, 3.8) is 0 Å². The van der Waals surface area contributed by atoms with E-state index in [0.29, 0.717) is 5.65 Å². The lowest BCUT2D eigenvalue weighted by molar-refractivity contribution is 0.555. The summed E-state index contributed by atoms with van der Waals surface area (Å²) in [6.45, 7) is 2.00. The molecule has 0 saturated carbocycles. The quantitative estimate of drug-likeness (QED) is 0.639. The first kappa shape index (κ1) is 7.21. The van der Waals surface area contributed by atoms with Crippen molar-refractivity contribution in [1.29, 1.82) is 0 Å². The highest BCUT2D eigenvalue weighted by molar-refractivity contribution is 5.37. The fraction of sp³-hybridized carbons (Fsp3) is 0.250. The Hall–Kier alpha value is -1.45. The minimum absolute atomic E-state index is 0.484. The van der Waals surface area contributed by atoms with Crippen LogP contribution in [0.4, 0.5) is 4.39 Å². The predicted octanol–water partition coefficient (Wildman–Crippen LogP) is 1.43. The number of rotatable bonds is 1. The summed E-state index contributed by atoms with van der Waals surface area (Å²) in [5, 5.41) is 3.63. The van der Waals surface area contributed by atoms with Gasteiger partial charge in [-0.15, -0.1) is 5.10 Å². The molecule has 0 bridgehead atoms. The largest absolute Gasteiger partial charge is 0.232 e. The van der Waals surface area contributed by atoms with Crippen molar-refractivity contribution in [1.82, 2.24) is 14.6 Å². The van der Waals surface area contributed by atoms with E-state index in [0.717, 1.165) is 12.1 Å². The predicted molar refractivity (Wildman–Crippen MR) is 42.3 cm³/mol. The summed E-state index contributed by atoms with van der Waals surface area (Å²) in [5.41, 5.74) is 1.61. The minimum atomic E-state index is -0.484. The van der Waals surface area contributed by atoms with E-state index in [4.69, 9.17) is 0 Å². The van der Waals surface area contributed by atoms with Crippen LogP contribution in [0, 0.1) is 5.95 Å². The van der Waals surface area contributed by atoms with Gasteiger partial charge in [-0.3, -0.25) is 0 Å². The van der Waals surface area contributed by atoms with Gasteiger partial charge in [0.1, 0.15) is 0 Å². The van der Waals surface area contributed by atoms with Crippen molar-refractivity contribution < 1.29 is 4.39 Å². The highest BCUT2D eigenvalue weighted by Gasteiger charge is 2.00. The summed E-state index contributed by atoms with van der Waals surface area (Å²) in [4.78, 5) is 4.21. The molecule has 62 valence electrons. The maximum absolute atomic E-state index is 12.6. The van der Waals surface area contributed by atoms with E-state index < -0.39 is 5.95 Å². The van der Waals surface area contributed by atoms with E-state index in [1.54, 1.807) is 12.3 Å². The summed E-state index contributed by atoms with van der Waals surface area (Å²) >= 11 is 0. The maximum atomic E-state index is 12.6. The molecule has 0 aliphatic rings. The van der Waals surface area contributed by atoms with Gasteiger partial charge in [0.05, 0.1) is 11.9 Å². The number of aromatic nitrogens is 3. The first-order chi connectivity index (χ1) is 5.79. The van der Waals surface area contributed by atoms with Crippen LogP contribution in [0.5, 0.6) is 0 Å². The Kier molecular flexibility index (Phi) is 1.53. The second-order valence-corrected chi connectivity index (χ2v) is 2.54. The molecule has 0 N–H and O–H groups in total. The van der Waals surface area contributed by atoms with E-state index in [1.807, 2.05) is 6.92 Å². The smallest absolute Gasteiger partial charge is 0.231 e. The number of halogens is 1. The molecule has 2 heterocycles. The molecule has 0 unspecified atom stereocenters. The van der Waals surface area contributed by atoms with Gasteiger partial charge in [-0.1, -0.05) is 6.92 Å². The van der Waals surface area contributed by atoms with Gasteiger partial charge < -0.3 is 0 Å². The Labute approximate surface area is 68.9 Å². The summed E-state index contributed by atoms with van der Waals surface area (Å²) < 4.78 is 14.0. The third-order valence-corrected chi connectivity index (χ3v) is 1.70. The van der Waals surface area contributed by atoms with Crippen molar-refractivity contribution in [3.05, 3.63) is 30.0 Å². The Morgan fingerprint density at radius 1 is 1.50 bits per heavy atom. The lowest BCUT2D eigenvalue weighted by Gasteiger charge is -1.88. The summed E-state index contributed by atoms with van der Waals surface area (Å²) in [7, 11) is 0. The van der Waals surface area contributed by atoms with Crippen molar-refractivity contribution in [3.8, 4) is 0 Å². The fourth-order valence-corrected chi connectivity index (χ4v) is 1.08. The molecule has 0 aliphatic carbocycles. The van der Waals surface area contributed by atoms with E-state index >= 15 is 0 Å². The first-order valence-corrected chi connectivity index (χ1v) is 3.80. The molecule has 12 heavy (non-hydrogen) atoms. The second-order valence-electron chi connectivity index (χ2n) is 2.54. The van der Waals surface area contributed by atoms with Crippen molar-refractivity contribution in [2.75, 3.05) is 0 Å². The van der Waals surface area contributed by atoms with Gasteiger partial charge in [-0.05, 0) is 18.6 Å². The number of nitrogens with zero attached hydrogens (tertiary/aromatic N) is 3. The third-order valence-electron chi connectivity index (χ3n) is 1.70. The lowest BCUT2D eigenvalue weighted by atomic mass is 10.4. The topological polar surface area (TPSA) is 30.2 Å². The number of hydrogen-bond donors (Lipinski definition) is 0. The Morgan fingerprint density at radius 3 is 3.08 bits per heavy atom. The van der Waals surface area contributed by atoms with Crippen LogP contribution in [-0.2, 0) is 6.42 Å². The first-order valence-electron chi connectivity index (χ1n) is 3.80. The molecule has 0 amide bonds. The third kappa shape index (κ3) is 1.05. The monoisotopic (exact) mass is 165 g/mol. The van der Waals surface area contributed by atoms with E-state index in [-0.39, 0.29) is 0 Å². The van der Waals surface area contributed by atoms with Gasteiger partial charge in [0.15, 0.2) is 5.65 Å². The standard InChI is InChI=1S/C8H8FN3/c1-2-6-5-12-8(10-6)4-3-7(9)11-12/h3-5H,2H2,1H3. The molecular formula is C8H8FN3. The van der Waals surface area contributed by atoms with Crippen molar-refractivity contribution in [2.24, 2.45) is 0 Å². The van der Waals surface area contributed by atoms with Crippen LogP contribution in [0.2, 0.25) is 0 Å². The maximum Gasteiger partial charge on any atom is 0.231 e. The highest BCUT2D eigenvalue weighted by Crippen LogP contribution is 2.03. The molecule has 0 fully saturated rings. The fourth-order valence-electron chi connectivity index (χ4n) is 1.08. The van der Waals surface area contributed by atoms with Gasteiger partial charge in [0.2, 0.25) is 5.95 Å². The zero-order chi connectivity index (χ0) is 8.55. The molecule has 2 aromatic heterocycles. The minimum Gasteiger partial charge on any atom is -0.232 e. The molecule has 0 spiro atoms. The molecular weight excluding hydrogens is 157 g/mol. The number of aryl methyl sites for hydroxylation is 1. The molecule has 0 saturated heterocycles. The number of hydrogen-bond acceptors (Lipinski definition) is 2. The van der Waals surface area contributed by atoms with E-state index in [1.165, 1.54) is 10.6 Å². The zero-order valence-corrected chi connectivity index (χ0v) is 6.66. The average molecular weight is 165 g/mol. The Morgan fingerprint density at radius 2 is 2.33 bits per heavy atom. The van der Waals surface area contributed by atoms with Gasteiger partial charge >= 0.3 is 0 Å². The van der Waals surface area contributed by atoms with Gasteiger partial charge in [0, 0.05) is 0 Å². The average Bonchev–Trinajstić information content (AvgIpc) is 2.46. The summed E-state index contributed by atoms with van der Waals surface area (Å²) in [5.74, 6) is -0.484. The molecule has 0 radical (unpaired) electrons. The van der Waals surface area contributed by atoms with Crippen LogP contribution in [-0.4, -0.2) is 14.6 Å². The van der Waals surface area contributed by atoms with Crippen molar-refractivity contribution in [2.45, 2.75) is 13.3 Å². The Bertz CT molecular complexity index is 408. The molecule has 4 heteroatoms. The van der Waals surface area contributed by atoms with Gasteiger partial charge in [-0.25, -0.2) is 9.50 Å². The molecule has 2 rings (SSSR count). The lowest BCUT2D eigenvalue weighted by Crippen LogP contribution is -1.92. The molecule has 0 aromatic carbocycles. The number of fused-ring (bicyclic) bond motifs is 1. The summed E-state index contributed by atoms with van der Waals surface area (Å²) in [6.07, 6.45) is 2.57. The second kappa shape index (κ2) is 2.55. The normalized spacial score (nSPS) is 10.8. The molecule has 2 aromatic rings. The molecule has 0 atom stereocenters. The Balaban J connectivity index is 2.67.